The summed E-state index contributed by atoms with van der Waals surface area (Å²) in [6.45, 7) is 7.54. The molecule has 0 aliphatic carbocycles. The maximum Gasteiger partial charge on any atom is 0.178 e. The van der Waals surface area contributed by atoms with Gasteiger partial charge in [0.25, 0.3) is 0 Å². The molecule has 1 aliphatic rings. The van der Waals surface area contributed by atoms with E-state index in [-0.39, 0.29) is 17.2 Å². The molecule has 106 valence electrons. The van der Waals surface area contributed by atoms with Gasteiger partial charge in [-0.15, -0.1) is 0 Å². The molecule has 0 aromatic heterocycles. The van der Waals surface area contributed by atoms with Gasteiger partial charge in [0.1, 0.15) is 0 Å². The molecule has 1 atom stereocenters. The van der Waals surface area contributed by atoms with Crippen LogP contribution in [0.5, 0.6) is 0 Å². The van der Waals surface area contributed by atoms with Gasteiger partial charge in [0.05, 0.1) is 10.6 Å². The van der Waals surface area contributed by atoms with Gasteiger partial charge in [-0.3, -0.25) is 0 Å². The van der Waals surface area contributed by atoms with Crippen molar-refractivity contribution in [2.75, 3.05) is 12.3 Å². The zero-order chi connectivity index (χ0) is 14.1. The van der Waals surface area contributed by atoms with Gasteiger partial charge in [0.2, 0.25) is 0 Å². The molecule has 1 N–H and O–H groups in total. The Morgan fingerprint density at radius 1 is 1.32 bits per heavy atom. The third-order valence-electron chi connectivity index (χ3n) is 4.09. The standard InChI is InChI=1S/C15H23NO2S/c1-4-15(2,3)11-16-13-9-10-19(17,18)14-8-6-5-7-12(13)14/h5-8,13,16H,4,9-11H2,1-3H3. The summed E-state index contributed by atoms with van der Waals surface area (Å²) >= 11 is 0. The van der Waals surface area contributed by atoms with Gasteiger partial charge in [-0.25, -0.2) is 8.42 Å². The van der Waals surface area contributed by atoms with E-state index in [4.69, 9.17) is 0 Å². The highest BCUT2D eigenvalue weighted by Gasteiger charge is 2.30. The molecule has 0 spiro atoms. The second-order valence-electron chi connectivity index (χ2n) is 6.10. The third kappa shape index (κ3) is 3.18. The van der Waals surface area contributed by atoms with E-state index in [2.05, 4.69) is 26.1 Å². The molecule has 0 amide bonds. The summed E-state index contributed by atoms with van der Waals surface area (Å²) < 4.78 is 24.1. The van der Waals surface area contributed by atoms with Crippen molar-refractivity contribution in [3.05, 3.63) is 29.8 Å². The molecular weight excluding hydrogens is 258 g/mol. The highest BCUT2D eigenvalue weighted by atomic mass is 32.2. The van der Waals surface area contributed by atoms with Crippen LogP contribution in [0, 0.1) is 5.41 Å². The van der Waals surface area contributed by atoms with E-state index in [1.807, 2.05) is 12.1 Å². The first-order valence-electron chi connectivity index (χ1n) is 6.91. The summed E-state index contributed by atoms with van der Waals surface area (Å²) in [5.74, 6) is 0.244. The fourth-order valence-electron chi connectivity index (χ4n) is 2.33. The molecule has 1 aliphatic heterocycles. The molecule has 2 rings (SSSR count). The van der Waals surface area contributed by atoms with Crippen molar-refractivity contribution < 1.29 is 8.42 Å². The van der Waals surface area contributed by atoms with Crippen molar-refractivity contribution in [3.8, 4) is 0 Å². The van der Waals surface area contributed by atoms with E-state index in [1.54, 1.807) is 12.1 Å². The molecule has 0 fully saturated rings. The van der Waals surface area contributed by atoms with Gasteiger partial charge in [0.15, 0.2) is 9.84 Å². The predicted octanol–water partition coefficient (Wildman–Crippen LogP) is 2.93. The third-order valence-corrected chi connectivity index (χ3v) is 5.90. The van der Waals surface area contributed by atoms with Gasteiger partial charge >= 0.3 is 0 Å². The van der Waals surface area contributed by atoms with E-state index in [9.17, 15) is 8.42 Å². The molecule has 3 nitrogen and oxygen atoms in total. The quantitative estimate of drug-likeness (QED) is 0.923. The average molecular weight is 281 g/mol. The van der Waals surface area contributed by atoms with Crippen molar-refractivity contribution in [1.82, 2.24) is 5.32 Å². The van der Waals surface area contributed by atoms with Gasteiger partial charge in [-0.05, 0) is 29.9 Å². The van der Waals surface area contributed by atoms with Crippen molar-refractivity contribution in [2.45, 2.75) is 44.6 Å². The van der Waals surface area contributed by atoms with Crippen LogP contribution in [-0.2, 0) is 9.84 Å². The van der Waals surface area contributed by atoms with Crippen molar-refractivity contribution in [2.24, 2.45) is 5.41 Å². The minimum atomic E-state index is -3.07. The van der Waals surface area contributed by atoms with Crippen LogP contribution in [0.3, 0.4) is 0 Å². The monoisotopic (exact) mass is 281 g/mol. The normalized spacial score (nSPS) is 21.9. The second kappa shape index (κ2) is 5.25. The van der Waals surface area contributed by atoms with Crippen LogP contribution >= 0.6 is 0 Å². The first kappa shape index (κ1) is 14.5. The van der Waals surface area contributed by atoms with Crippen LogP contribution in [-0.4, -0.2) is 20.7 Å². The van der Waals surface area contributed by atoms with Crippen LogP contribution in [0.4, 0.5) is 0 Å². The lowest BCUT2D eigenvalue weighted by Gasteiger charge is -2.30. The highest BCUT2D eigenvalue weighted by molar-refractivity contribution is 7.91. The fraction of sp³-hybridized carbons (Fsp3) is 0.600. The first-order chi connectivity index (χ1) is 8.86. The Labute approximate surface area is 116 Å². The molecule has 19 heavy (non-hydrogen) atoms. The lowest BCUT2D eigenvalue weighted by Crippen LogP contribution is -2.35. The van der Waals surface area contributed by atoms with Crippen molar-refractivity contribution in [3.63, 3.8) is 0 Å². The number of hydrogen-bond acceptors (Lipinski definition) is 3. The summed E-state index contributed by atoms with van der Waals surface area (Å²) in [5, 5.41) is 3.54. The summed E-state index contributed by atoms with van der Waals surface area (Å²) in [6, 6.07) is 7.53. The zero-order valence-corrected chi connectivity index (χ0v) is 12.8. The lowest BCUT2D eigenvalue weighted by molar-refractivity contribution is 0.305. The Bertz CT molecular complexity index is 549. The summed E-state index contributed by atoms with van der Waals surface area (Å²) in [7, 11) is -3.07. The number of nitrogens with one attached hydrogen (secondary N) is 1. The second-order valence-corrected chi connectivity index (χ2v) is 8.17. The number of benzene rings is 1. The Hall–Kier alpha value is -0.870. The van der Waals surface area contributed by atoms with Gasteiger partial charge in [-0.2, -0.15) is 0 Å². The molecule has 1 aromatic rings. The molecule has 0 bridgehead atoms. The smallest absolute Gasteiger partial charge is 0.178 e. The topological polar surface area (TPSA) is 46.2 Å². The number of fused-ring (bicyclic) bond motifs is 1. The Morgan fingerprint density at radius 3 is 2.68 bits per heavy atom. The molecule has 0 saturated carbocycles. The van der Waals surface area contributed by atoms with Gasteiger partial charge < -0.3 is 5.32 Å². The lowest BCUT2D eigenvalue weighted by atomic mass is 9.89. The molecule has 0 saturated heterocycles. The van der Waals surface area contributed by atoms with Crippen LogP contribution in [0.25, 0.3) is 0 Å². The van der Waals surface area contributed by atoms with Crippen molar-refractivity contribution >= 4 is 9.84 Å². The molecule has 1 heterocycles. The molecule has 4 heteroatoms. The Balaban J connectivity index is 2.21. The summed E-state index contributed by atoms with van der Waals surface area (Å²) in [4.78, 5) is 0.507. The minimum absolute atomic E-state index is 0.158. The summed E-state index contributed by atoms with van der Waals surface area (Å²) in [5.41, 5.74) is 1.17. The van der Waals surface area contributed by atoms with Crippen LogP contribution in [0.15, 0.2) is 29.2 Å². The largest absolute Gasteiger partial charge is 0.309 e. The van der Waals surface area contributed by atoms with Crippen LogP contribution < -0.4 is 5.32 Å². The predicted molar refractivity (Wildman–Crippen MR) is 77.9 cm³/mol. The maximum atomic E-state index is 12.0. The Morgan fingerprint density at radius 2 is 2.00 bits per heavy atom. The maximum absolute atomic E-state index is 12.0. The fourth-order valence-corrected chi connectivity index (χ4v) is 3.95. The molecule has 1 unspecified atom stereocenters. The van der Waals surface area contributed by atoms with E-state index < -0.39 is 9.84 Å². The van der Waals surface area contributed by atoms with Crippen molar-refractivity contribution in [1.29, 1.82) is 0 Å². The molecule has 0 radical (unpaired) electrons. The Kier molecular flexibility index (Phi) is 4.02. The SMILES string of the molecule is CCC(C)(C)CNC1CCS(=O)(=O)c2ccccc21. The first-order valence-corrected chi connectivity index (χ1v) is 8.56. The van der Waals surface area contributed by atoms with Crippen LogP contribution in [0.1, 0.15) is 45.2 Å². The number of hydrogen-bond donors (Lipinski definition) is 1. The van der Waals surface area contributed by atoms with E-state index in [0.29, 0.717) is 11.3 Å². The van der Waals surface area contributed by atoms with Gasteiger partial charge in [-0.1, -0.05) is 39.0 Å². The molecular formula is C15H23NO2S. The van der Waals surface area contributed by atoms with Crippen LogP contribution in [0.2, 0.25) is 0 Å². The number of rotatable bonds is 4. The van der Waals surface area contributed by atoms with E-state index in [1.165, 1.54) is 0 Å². The zero-order valence-electron chi connectivity index (χ0n) is 11.9. The minimum Gasteiger partial charge on any atom is -0.309 e. The van der Waals surface area contributed by atoms with E-state index >= 15 is 0 Å². The summed E-state index contributed by atoms with van der Waals surface area (Å²) in [6.07, 6.45) is 1.77. The molecule has 1 aromatic carbocycles. The number of sulfone groups is 1. The highest BCUT2D eigenvalue weighted by Crippen LogP contribution is 2.32. The van der Waals surface area contributed by atoms with Gasteiger partial charge in [0, 0.05) is 12.6 Å². The van der Waals surface area contributed by atoms with E-state index in [0.717, 1.165) is 18.5 Å². The average Bonchev–Trinajstić information content (AvgIpc) is 2.38.